The van der Waals surface area contributed by atoms with Gasteiger partial charge in [0.1, 0.15) is 11.5 Å². The van der Waals surface area contributed by atoms with Crippen LogP contribution in [0.4, 0.5) is 19.0 Å². The van der Waals surface area contributed by atoms with Crippen LogP contribution in [0.25, 0.3) is 0 Å². The van der Waals surface area contributed by atoms with Crippen LogP contribution in [-0.4, -0.2) is 116 Å². The number of anilines is 1. The second-order valence-electron chi connectivity index (χ2n) is 9.83. The highest BCUT2D eigenvalue weighted by molar-refractivity contribution is 5.92. The minimum atomic E-state index is -4.56. The average molecular weight is 514 g/mol. The zero-order valence-corrected chi connectivity index (χ0v) is 21.1. The molecule has 36 heavy (non-hydrogen) atoms. The molecule has 0 aliphatic carbocycles. The fourth-order valence-electron chi connectivity index (χ4n) is 5.39. The molecule has 4 rings (SSSR count). The molecule has 3 aliphatic rings. The van der Waals surface area contributed by atoms with Crippen LogP contribution < -0.4 is 4.90 Å². The number of hydrogen-bond acceptors (Lipinski definition) is 7. The molecule has 0 N–H and O–H groups in total. The summed E-state index contributed by atoms with van der Waals surface area (Å²) in [6.07, 6.45) is -2.91. The van der Waals surface area contributed by atoms with Crippen LogP contribution >= 0.6 is 0 Å². The van der Waals surface area contributed by atoms with E-state index in [1.54, 1.807) is 6.92 Å². The molecule has 202 valence electrons. The fourth-order valence-corrected chi connectivity index (χ4v) is 5.39. The third-order valence-corrected chi connectivity index (χ3v) is 7.66. The van der Waals surface area contributed by atoms with Crippen molar-refractivity contribution >= 4 is 11.7 Å². The number of aromatic nitrogens is 1. The van der Waals surface area contributed by atoms with E-state index in [1.165, 1.54) is 17.0 Å². The van der Waals surface area contributed by atoms with Gasteiger partial charge in [0.15, 0.2) is 0 Å². The number of nitrogens with zero attached hydrogens (tertiary/aromatic N) is 5. The molecule has 4 heterocycles. The summed E-state index contributed by atoms with van der Waals surface area (Å²) in [4.78, 5) is 25.6. The second kappa shape index (κ2) is 12.2. The molecule has 0 unspecified atom stereocenters. The normalized spacial score (nSPS) is 22.4. The highest BCUT2D eigenvalue weighted by Crippen LogP contribution is 2.33. The first-order valence-corrected chi connectivity index (χ1v) is 13.0. The fraction of sp³-hybridized carbons (Fsp3) is 0.760. The lowest BCUT2D eigenvalue weighted by Crippen LogP contribution is -2.64. The molecular formula is C25H38F3N5O3. The summed E-state index contributed by atoms with van der Waals surface area (Å²) < 4.78 is 51.2. The number of halogens is 3. The number of ether oxygens (including phenoxy) is 2. The standard InChI is InChI=1S/C25H38F3N5O3/c1-2-23(34)33(22-5-3-4-21(29-22)25(26,27)28)20-24(6-16-35-17-7-24)32-12-10-30(11-13-32)8-9-31-14-18-36-19-15-31/h3-5H,2,6-20H2,1H3. The summed E-state index contributed by atoms with van der Waals surface area (Å²) in [6.45, 7) is 12.3. The molecular weight excluding hydrogens is 475 g/mol. The van der Waals surface area contributed by atoms with Crippen LogP contribution in [0, 0.1) is 0 Å². The number of hydrogen-bond donors (Lipinski definition) is 0. The van der Waals surface area contributed by atoms with Crippen molar-refractivity contribution < 1.29 is 27.4 Å². The quantitative estimate of drug-likeness (QED) is 0.529. The van der Waals surface area contributed by atoms with E-state index >= 15 is 0 Å². The number of carbonyl (C=O) groups is 1. The Morgan fingerprint density at radius 1 is 0.972 bits per heavy atom. The van der Waals surface area contributed by atoms with Gasteiger partial charge in [-0.25, -0.2) is 4.98 Å². The molecule has 8 nitrogen and oxygen atoms in total. The Morgan fingerprint density at radius 3 is 2.19 bits per heavy atom. The minimum absolute atomic E-state index is 0.0617. The van der Waals surface area contributed by atoms with Crippen LogP contribution in [0.1, 0.15) is 31.9 Å². The SMILES string of the molecule is CCC(=O)N(CC1(N2CCN(CCN3CCOCC3)CC2)CCOCC1)c1cccc(C(F)(F)F)n1. The molecule has 3 fully saturated rings. The Kier molecular flexibility index (Phi) is 9.21. The van der Waals surface area contributed by atoms with Crippen LogP contribution in [-0.2, 0) is 20.4 Å². The highest BCUT2D eigenvalue weighted by atomic mass is 19.4. The zero-order chi connectivity index (χ0) is 25.6. The van der Waals surface area contributed by atoms with E-state index in [1.807, 2.05) is 0 Å². The molecule has 11 heteroatoms. The van der Waals surface area contributed by atoms with Crippen molar-refractivity contribution in [3.05, 3.63) is 23.9 Å². The molecule has 1 aromatic heterocycles. The summed E-state index contributed by atoms with van der Waals surface area (Å²) in [6, 6.07) is 3.77. The third kappa shape index (κ3) is 6.74. The van der Waals surface area contributed by atoms with Crippen molar-refractivity contribution in [2.45, 2.75) is 37.9 Å². The molecule has 0 aromatic carbocycles. The molecule has 1 aromatic rings. The van der Waals surface area contributed by atoms with Gasteiger partial charge in [-0.05, 0) is 25.0 Å². The van der Waals surface area contributed by atoms with Crippen molar-refractivity contribution in [3.63, 3.8) is 0 Å². The Morgan fingerprint density at radius 2 is 1.58 bits per heavy atom. The van der Waals surface area contributed by atoms with Gasteiger partial charge in [-0.2, -0.15) is 13.2 Å². The third-order valence-electron chi connectivity index (χ3n) is 7.66. The predicted molar refractivity (Wildman–Crippen MR) is 130 cm³/mol. The maximum Gasteiger partial charge on any atom is 0.433 e. The van der Waals surface area contributed by atoms with Crippen molar-refractivity contribution in [2.75, 3.05) is 90.2 Å². The van der Waals surface area contributed by atoms with Gasteiger partial charge in [-0.15, -0.1) is 0 Å². The summed E-state index contributed by atoms with van der Waals surface area (Å²) in [7, 11) is 0. The summed E-state index contributed by atoms with van der Waals surface area (Å²) >= 11 is 0. The molecule has 0 bridgehead atoms. The zero-order valence-electron chi connectivity index (χ0n) is 21.1. The van der Waals surface area contributed by atoms with Crippen molar-refractivity contribution in [2.24, 2.45) is 0 Å². The first-order valence-electron chi connectivity index (χ1n) is 13.0. The Balaban J connectivity index is 1.46. The van der Waals surface area contributed by atoms with Gasteiger partial charge < -0.3 is 9.47 Å². The maximum atomic E-state index is 13.4. The van der Waals surface area contributed by atoms with E-state index in [2.05, 4.69) is 19.7 Å². The van der Waals surface area contributed by atoms with Crippen LogP contribution in [0.15, 0.2) is 18.2 Å². The van der Waals surface area contributed by atoms with Crippen molar-refractivity contribution in [1.29, 1.82) is 0 Å². The number of amides is 1. The predicted octanol–water partition coefficient (Wildman–Crippen LogP) is 2.34. The number of pyridine rings is 1. The number of alkyl halides is 3. The van der Waals surface area contributed by atoms with Crippen LogP contribution in [0.5, 0.6) is 0 Å². The summed E-state index contributed by atoms with van der Waals surface area (Å²) in [5.41, 5.74) is -1.33. The minimum Gasteiger partial charge on any atom is -0.381 e. The Bertz CT molecular complexity index is 852. The van der Waals surface area contributed by atoms with Crippen LogP contribution in [0.2, 0.25) is 0 Å². The molecule has 1 amide bonds. The smallest absolute Gasteiger partial charge is 0.381 e. The van der Waals surface area contributed by atoms with Gasteiger partial charge >= 0.3 is 6.18 Å². The Labute approximate surface area is 211 Å². The lowest BCUT2D eigenvalue weighted by Gasteiger charge is -2.51. The molecule has 0 radical (unpaired) electrons. The molecule has 0 atom stereocenters. The van der Waals surface area contributed by atoms with Gasteiger partial charge in [-0.3, -0.25) is 24.4 Å². The van der Waals surface area contributed by atoms with Crippen molar-refractivity contribution in [1.82, 2.24) is 19.7 Å². The highest BCUT2D eigenvalue weighted by Gasteiger charge is 2.43. The van der Waals surface area contributed by atoms with Gasteiger partial charge in [-0.1, -0.05) is 13.0 Å². The van der Waals surface area contributed by atoms with E-state index in [0.29, 0.717) is 19.8 Å². The van der Waals surface area contributed by atoms with E-state index in [0.717, 1.165) is 84.5 Å². The number of morpholine rings is 1. The first-order chi connectivity index (χ1) is 17.3. The van der Waals surface area contributed by atoms with E-state index in [9.17, 15) is 18.0 Å². The summed E-state index contributed by atoms with van der Waals surface area (Å²) in [5, 5.41) is 0. The summed E-state index contributed by atoms with van der Waals surface area (Å²) in [5.74, 6) is -0.163. The Hall–Kier alpha value is -1.79. The van der Waals surface area contributed by atoms with E-state index in [4.69, 9.17) is 9.47 Å². The van der Waals surface area contributed by atoms with Gasteiger partial charge in [0.05, 0.1) is 13.2 Å². The van der Waals surface area contributed by atoms with Crippen LogP contribution in [0.3, 0.4) is 0 Å². The molecule has 0 spiro atoms. The second-order valence-corrected chi connectivity index (χ2v) is 9.83. The molecule has 3 aliphatic heterocycles. The number of rotatable bonds is 8. The largest absolute Gasteiger partial charge is 0.433 e. The van der Waals surface area contributed by atoms with E-state index in [-0.39, 0.29) is 23.7 Å². The lowest BCUT2D eigenvalue weighted by atomic mass is 9.86. The van der Waals surface area contributed by atoms with E-state index < -0.39 is 11.9 Å². The van der Waals surface area contributed by atoms with Crippen molar-refractivity contribution in [3.8, 4) is 0 Å². The average Bonchev–Trinajstić information content (AvgIpc) is 2.91. The first kappa shape index (κ1) is 27.3. The number of carbonyl (C=O) groups excluding carboxylic acids is 1. The molecule has 0 saturated carbocycles. The van der Waals surface area contributed by atoms with Gasteiger partial charge in [0.2, 0.25) is 5.91 Å². The van der Waals surface area contributed by atoms with Gasteiger partial charge in [0, 0.05) is 84.1 Å². The van der Waals surface area contributed by atoms with Gasteiger partial charge in [0.25, 0.3) is 0 Å². The topological polar surface area (TPSA) is 61.4 Å². The number of piperazine rings is 1. The molecule has 3 saturated heterocycles. The lowest BCUT2D eigenvalue weighted by molar-refractivity contribution is -0.141. The maximum absolute atomic E-state index is 13.4. The monoisotopic (exact) mass is 513 g/mol.